The SMILES string of the molecule is Nc1nn(C2CC2)c2c1CCSC2. The second-order valence-corrected chi connectivity index (χ2v) is 4.89. The first kappa shape index (κ1) is 7.74. The van der Waals surface area contributed by atoms with Gasteiger partial charge >= 0.3 is 0 Å². The quantitative estimate of drug-likeness (QED) is 0.740. The molecule has 1 aliphatic carbocycles. The molecule has 2 heterocycles. The summed E-state index contributed by atoms with van der Waals surface area (Å²) >= 11 is 1.99. The molecular weight excluding hydrogens is 182 g/mol. The molecule has 1 aromatic heterocycles. The third-order valence-corrected chi connectivity index (χ3v) is 3.75. The summed E-state index contributed by atoms with van der Waals surface area (Å²) in [7, 11) is 0. The van der Waals surface area contributed by atoms with Gasteiger partial charge < -0.3 is 5.73 Å². The van der Waals surface area contributed by atoms with Crippen LogP contribution in [0.1, 0.15) is 30.1 Å². The molecule has 0 spiro atoms. The first-order valence-electron chi connectivity index (χ1n) is 4.80. The average molecular weight is 195 g/mol. The number of nitrogen functional groups attached to an aromatic ring is 1. The summed E-state index contributed by atoms with van der Waals surface area (Å²) in [5.41, 5.74) is 8.61. The van der Waals surface area contributed by atoms with E-state index in [1.807, 2.05) is 11.8 Å². The second-order valence-electron chi connectivity index (χ2n) is 3.79. The smallest absolute Gasteiger partial charge is 0.148 e. The van der Waals surface area contributed by atoms with Gasteiger partial charge in [0.05, 0.1) is 11.7 Å². The summed E-state index contributed by atoms with van der Waals surface area (Å²) in [6.07, 6.45) is 3.69. The van der Waals surface area contributed by atoms with Crippen LogP contribution < -0.4 is 5.73 Å². The molecule has 1 fully saturated rings. The maximum atomic E-state index is 5.89. The molecule has 0 saturated heterocycles. The zero-order chi connectivity index (χ0) is 8.84. The maximum Gasteiger partial charge on any atom is 0.148 e. The van der Waals surface area contributed by atoms with Crippen molar-refractivity contribution in [3.63, 3.8) is 0 Å². The molecule has 70 valence electrons. The summed E-state index contributed by atoms with van der Waals surface area (Å²) in [5.74, 6) is 3.09. The van der Waals surface area contributed by atoms with Crippen molar-refractivity contribution in [2.75, 3.05) is 11.5 Å². The van der Waals surface area contributed by atoms with Crippen molar-refractivity contribution in [3.8, 4) is 0 Å². The highest BCUT2D eigenvalue weighted by atomic mass is 32.2. The molecule has 1 aromatic rings. The van der Waals surface area contributed by atoms with E-state index >= 15 is 0 Å². The minimum absolute atomic E-state index is 0.671. The van der Waals surface area contributed by atoms with Gasteiger partial charge in [0.15, 0.2) is 0 Å². The molecule has 0 bridgehead atoms. The molecule has 0 unspecified atom stereocenters. The van der Waals surface area contributed by atoms with E-state index in [1.54, 1.807) is 0 Å². The Bertz CT molecular complexity index is 341. The lowest BCUT2D eigenvalue weighted by molar-refractivity contribution is 0.619. The Kier molecular flexibility index (Phi) is 1.59. The number of hydrogen-bond donors (Lipinski definition) is 1. The fraction of sp³-hybridized carbons (Fsp3) is 0.667. The van der Waals surface area contributed by atoms with Crippen LogP contribution in [0.4, 0.5) is 5.82 Å². The minimum Gasteiger partial charge on any atom is -0.382 e. The van der Waals surface area contributed by atoms with Gasteiger partial charge in [-0.3, -0.25) is 4.68 Å². The van der Waals surface area contributed by atoms with Crippen LogP contribution in [-0.2, 0) is 12.2 Å². The van der Waals surface area contributed by atoms with Gasteiger partial charge in [0.2, 0.25) is 0 Å². The summed E-state index contributed by atoms with van der Waals surface area (Å²) < 4.78 is 2.18. The van der Waals surface area contributed by atoms with Crippen LogP contribution in [0.5, 0.6) is 0 Å². The molecular formula is C9H13N3S. The van der Waals surface area contributed by atoms with Gasteiger partial charge in [-0.05, 0) is 25.0 Å². The Morgan fingerprint density at radius 1 is 1.46 bits per heavy atom. The Labute approximate surface area is 81.7 Å². The van der Waals surface area contributed by atoms with Crippen LogP contribution in [0, 0.1) is 0 Å². The van der Waals surface area contributed by atoms with E-state index < -0.39 is 0 Å². The molecule has 2 aliphatic rings. The summed E-state index contributed by atoms with van der Waals surface area (Å²) in [4.78, 5) is 0. The fourth-order valence-electron chi connectivity index (χ4n) is 1.91. The van der Waals surface area contributed by atoms with Gasteiger partial charge in [0.25, 0.3) is 0 Å². The number of anilines is 1. The van der Waals surface area contributed by atoms with Crippen LogP contribution >= 0.6 is 11.8 Å². The van der Waals surface area contributed by atoms with E-state index in [9.17, 15) is 0 Å². The summed E-state index contributed by atoms with van der Waals surface area (Å²) in [6.45, 7) is 0. The molecule has 0 amide bonds. The second kappa shape index (κ2) is 2.67. The zero-order valence-corrected chi connectivity index (χ0v) is 8.31. The molecule has 2 N–H and O–H groups in total. The third-order valence-electron chi connectivity index (χ3n) is 2.78. The van der Waals surface area contributed by atoms with Crippen molar-refractivity contribution in [3.05, 3.63) is 11.3 Å². The lowest BCUT2D eigenvalue weighted by atomic mass is 10.2. The number of thioether (sulfide) groups is 1. The van der Waals surface area contributed by atoms with Crippen LogP contribution in [0.3, 0.4) is 0 Å². The Hall–Kier alpha value is -0.640. The molecule has 3 rings (SSSR count). The van der Waals surface area contributed by atoms with E-state index in [4.69, 9.17) is 5.73 Å². The van der Waals surface area contributed by atoms with Crippen molar-refractivity contribution in [2.45, 2.75) is 31.1 Å². The Balaban J connectivity index is 2.09. The monoisotopic (exact) mass is 195 g/mol. The first-order chi connectivity index (χ1) is 6.36. The molecule has 0 aromatic carbocycles. The lowest BCUT2D eigenvalue weighted by Crippen LogP contribution is -2.07. The molecule has 1 aliphatic heterocycles. The van der Waals surface area contributed by atoms with Gasteiger partial charge in [0, 0.05) is 11.3 Å². The van der Waals surface area contributed by atoms with E-state index in [-0.39, 0.29) is 0 Å². The number of rotatable bonds is 1. The van der Waals surface area contributed by atoms with Crippen LogP contribution in [0.2, 0.25) is 0 Å². The first-order valence-corrected chi connectivity index (χ1v) is 5.95. The summed E-state index contributed by atoms with van der Waals surface area (Å²) in [5, 5.41) is 4.44. The topological polar surface area (TPSA) is 43.8 Å². The zero-order valence-electron chi connectivity index (χ0n) is 7.49. The predicted octanol–water partition coefficient (Wildman–Crippen LogP) is 1.59. The molecule has 0 atom stereocenters. The van der Waals surface area contributed by atoms with Gasteiger partial charge in [0.1, 0.15) is 5.82 Å². The van der Waals surface area contributed by atoms with Gasteiger partial charge in [-0.25, -0.2) is 0 Å². The normalized spacial score (nSPS) is 21.5. The highest BCUT2D eigenvalue weighted by molar-refractivity contribution is 7.98. The predicted molar refractivity (Wildman–Crippen MR) is 54.8 cm³/mol. The number of nitrogens with zero attached hydrogens (tertiary/aromatic N) is 2. The minimum atomic E-state index is 0.671. The van der Waals surface area contributed by atoms with Crippen LogP contribution in [0.25, 0.3) is 0 Å². The van der Waals surface area contributed by atoms with Gasteiger partial charge in [-0.1, -0.05) is 0 Å². The van der Waals surface area contributed by atoms with E-state index in [2.05, 4.69) is 9.78 Å². The highest BCUT2D eigenvalue weighted by Crippen LogP contribution is 2.39. The number of hydrogen-bond acceptors (Lipinski definition) is 3. The Morgan fingerprint density at radius 3 is 3.08 bits per heavy atom. The average Bonchev–Trinajstić information content (AvgIpc) is 2.94. The van der Waals surface area contributed by atoms with E-state index in [0.717, 1.165) is 18.0 Å². The van der Waals surface area contributed by atoms with Crippen molar-refractivity contribution in [1.82, 2.24) is 9.78 Å². The number of fused-ring (bicyclic) bond motifs is 1. The molecule has 0 radical (unpaired) electrons. The molecule has 3 nitrogen and oxygen atoms in total. The van der Waals surface area contributed by atoms with Crippen molar-refractivity contribution >= 4 is 17.6 Å². The van der Waals surface area contributed by atoms with Crippen molar-refractivity contribution in [2.24, 2.45) is 0 Å². The molecule has 1 saturated carbocycles. The molecule has 4 heteroatoms. The van der Waals surface area contributed by atoms with Crippen molar-refractivity contribution < 1.29 is 0 Å². The van der Waals surface area contributed by atoms with Crippen LogP contribution in [0.15, 0.2) is 0 Å². The summed E-state index contributed by atoms with van der Waals surface area (Å²) in [6, 6.07) is 0.671. The highest BCUT2D eigenvalue weighted by Gasteiger charge is 2.30. The molecule has 13 heavy (non-hydrogen) atoms. The van der Waals surface area contributed by atoms with E-state index in [1.165, 1.54) is 29.9 Å². The van der Waals surface area contributed by atoms with E-state index in [0.29, 0.717) is 6.04 Å². The lowest BCUT2D eigenvalue weighted by Gasteiger charge is -2.12. The fourth-order valence-corrected chi connectivity index (χ4v) is 2.91. The standard InChI is InChI=1S/C9H13N3S/c10-9-7-3-4-13-5-8(7)12(11-9)6-1-2-6/h6H,1-5H2,(H2,10,11). The maximum absolute atomic E-state index is 5.89. The Morgan fingerprint density at radius 2 is 2.31 bits per heavy atom. The number of nitrogens with two attached hydrogens (primary N) is 1. The van der Waals surface area contributed by atoms with Crippen molar-refractivity contribution in [1.29, 1.82) is 0 Å². The van der Waals surface area contributed by atoms with Gasteiger partial charge in [-0.2, -0.15) is 16.9 Å². The largest absolute Gasteiger partial charge is 0.382 e. The van der Waals surface area contributed by atoms with Crippen LogP contribution in [-0.4, -0.2) is 15.5 Å². The van der Waals surface area contributed by atoms with Gasteiger partial charge in [-0.15, -0.1) is 0 Å². The third kappa shape index (κ3) is 1.15. The number of aromatic nitrogens is 2.